The predicted octanol–water partition coefficient (Wildman–Crippen LogP) is -4.48. The lowest BCUT2D eigenvalue weighted by Crippen LogP contribution is -2.59. The first kappa shape index (κ1) is 16.7. The van der Waals surface area contributed by atoms with Crippen molar-refractivity contribution in [3.05, 3.63) is 0 Å². The van der Waals surface area contributed by atoms with Gasteiger partial charge in [-0.25, -0.2) is 0 Å². The fraction of sp³-hybridized carbons (Fsp3) is 1.00. The van der Waals surface area contributed by atoms with Gasteiger partial charge in [0, 0.05) is 0 Å². The van der Waals surface area contributed by atoms with Gasteiger partial charge < -0.3 is 45.2 Å². The van der Waals surface area contributed by atoms with Crippen LogP contribution in [0.1, 0.15) is 0 Å². The zero-order valence-electron chi connectivity index (χ0n) is 10.1. The Bertz CT molecular complexity index is 261. The van der Waals surface area contributed by atoms with E-state index >= 15 is 0 Å². The van der Waals surface area contributed by atoms with E-state index in [1.165, 1.54) is 0 Å². The molecule has 1 rings (SSSR count). The predicted molar refractivity (Wildman–Crippen MR) is 58.8 cm³/mol. The molecule has 0 saturated carbocycles. The van der Waals surface area contributed by atoms with Gasteiger partial charge in [-0.3, -0.25) is 0 Å². The molecule has 0 aromatic carbocycles. The van der Waals surface area contributed by atoms with Gasteiger partial charge in [-0.2, -0.15) is 0 Å². The molecule has 9 nitrogen and oxygen atoms in total. The molecule has 1 heterocycles. The van der Waals surface area contributed by atoms with Crippen LogP contribution < -0.4 is 0 Å². The number of aliphatic hydroxyl groups is 7. The van der Waals surface area contributed by atoms with Gasteiger partial charge in [-0.15, -0.1) is 0 Å². The second-order valence-electron chi connectivity index (χ2n) is 4.35. The normalized spacial score (nSPS) is 39.0. The van der Waals surface area contributed by atoms with Crippen LogP contribution in [0.5, 0.6) is 0 Å². The molecule has 1 aliphatic rings. The maximum absolute atomic E-state index is 9.59. The Kier molecular flexibility index (Phi) is 6.53. The van der Waals surface area contributed by atoms with Gasteiger partial charge in [0.15, 0.2) is 6.29 Å². The van der Waals surface area contributed by atoms with Crippen LogP contribution in [-0.4, -0.2) is 98.5 Å². The van der Waals surface area contributed by atoms with E-state index < -0.39 is 62.7 Å². The van der Waals surface area contributed by atoms with Gasteiger partial charge in [0.2, 0.25) is 0 Å². The summed E-state index contributed by atoms with van der Waals surface area (Å²) in [5, 5.41) is 64.5. The Hall–Kier alpha value is -0.360. The summed E-state index contributed by atoms with van der Waals surface area (Å²) >= 11 is 0. The number of rotatable bonds is 6. The first-order valence-electron chi connectivity index (χ1n) is 5.81. The topological polar surface area (TPSA) is 160 Å². The first-order valence-corrected chi connectivity index (χ1v) is 5.81. The van der Waals surface area contributed by atoms with Crippen molar-refractivity contribution in [2.45, 2.75) is 42.9 Å². The third kappa shape index (κ3) is 4.05. The standard InChI is InChI=1S/C10H20O9/c11-1-4(13)5(14)3-18-10-9(17)8(16)7(15)6(2-12)19-10/h4-17H,1-3H2/t4-,5?,6+,7+,8-,9-,10+/m0/s1. The molecule has 0 aromatic heterocycles. The highest BCUT2D eigenvalue weighted by molar-refractivity contribution is 4.89. The second kappa shape index (κ2) is 7.43. The van der Waals surface area contributed by atoms with E-state index in [0.717, 1.165) is 0 Å². The lowest BCUT2D eigenvalue weighted by atomic mass is 9.99. The highest BCUT2D eigenvalue weighted by atomic mass is 16.7. The first-order chi connectivity index (χ1) is 8.92. The van der Waals surface area contributed by atoms with Crippen molar-refractivity contribution >= 4 is 0 Å². The van der Waals surface area contributed by atoms with Crippen molar-refractivity contribution in [1.29, 1.82) is 0 Å². The van der Waals surface area contributed by atoms with Crippen LogP contribution in [0.4, 0.5) is 0 Å². The Balaban J connectivity index is 2.52. The number of hydrogen-bond acceptors (Lipinski definition) is 9. The highest BCUT2D eigenvalue weighted by Gasteiger charge is 2.44. The Morgan fingerprint density at radius 3 is 2.11 bits per heavy atom. The summed E-state index contributed by atoms with van der Waals surface area (Å²) < 4.78 is 9.96. The van der Waals surface area contributed by atoms with E-state index in [1.807, 2.05) is 0 Å². The maximum atomic E-state index is 9.59. The molecule has 1 saturated heterocycles. The van der Waals surface area contributed by atoms with E-state index in [1.54, 1.807) is 0 Å². The van der Waals surface area contributed by atoms with Crippen LogP contribution in [0.15, 0.2) is 0 Å². The molecule has 0 aliphatic carbocycles. The zero-order chi connectivity index (χ0) is 14.6. The van der Waals surface area contributed by atoms with Gasteiger partial charge >= 0.3 is 0 Å². The fourth-order valence-electron chi connectivity index (χ4n) is 1.63. The van der Waals surface area contributed by atoms with Crippen LogP contribution in [-0.2, 0) is 9.47 Å². The monoisotopic (exact) mass is 284 g/mol. The fourth-order valence-corrected chi connectivity index (χ4v) is 1.63. The van der Waals surface area contributed by atoms with E-state index in [-0.39, 0.29) is 0 Å². The van der Waals surface area contributed by atoms with Crippen molar-refractivity contribution in [3.63, 3.8) is 0 Å². The van der Waals surface area contributed by atoms with Gasteiger partial charge in [0.1, 0.15) is 36.6 Å². The molecule has 1 unspecified atom stereocenters. The smallest absolute Gasteiger partial charge is 0.186 e. The lowest BCUT2D eigenvalue weighted by molar-refractivity contribution is -0.306. The molecular weight excluding hydrogens is 264 g/mol. The highest BCUT2D eigenvalue weighted by Crippen LogP contribution is 2.22. The average Bonchev–Trinajstić information content (AvgIpc) is 2.42. The summed E-state index contributed by atoms with van der Waals surface area (Å²) in [7, 11) is 0. The van der Waals surface area contributed by atoms with Crippen LogP contribution in [0.25, 0.3) is 0 Å². The van der Waals surface area contributed by atoms with E-state index in [2.05, 4.69) is 0 Å². The molecular formula is C10H20O9. The van der Waals surface area contributed by atoms with Crippen molar-refractivity contribution in [1.82, 2.24) is 0 Å². The Morgan fingerprint density at radius 2 is 1.58 bits per heavy atom. The Morgan fingerprint density at radius 1 is 0.947 bits per heavy atom. The quantitative estimate of drug-likeness (QED) is 0.255. The minimum atomic E-state index is -1.57. The van der Waals surface area contributed by atoms with E-state index in [4.69, 9.17) is 24.8 Å². The molecule has 7 N–H and O–H groups in total. The summed E-state index contributed by atoms with van der Waals surface area (Å²) in [5.74, 6) is 0. The molecule has 114 valence electrons. The molecule has 0 spiro atoms. The van der Waals surface area contributed by atoms with Crippen LogP contribution in [0, 0.1) is 0 Å². The molecule has 9 heteroatoms. The molecule has 0 amide bonds. The van der Waals surface area contributed by atoms with Gasteiger partial charge in [-0.05, 0) is 0 Å². The average molecular weight is 284 g/mol. The molecule has 19 heavy (non-hydrogen) atoms. The van der Waals surface area contributed by atoms with Crippen molar-refractivity contribution in [2.24, 2.45) is 0 Å². The zero-order valence-corrected chi connectivity index (χ0v) is 10.1. The van der Waals surface area contributed by atoms with Crippen molar-refractivity contribution < 1.29 is 45.2 Å². The lowest BCUT2D eigenvalue weighted by Gasteiger charge is -2.39. The summed E-state index contributed by atoms with van der Waals surface area (Å²) in [6.07, 6.45) is -9.94. The second-order valence-corrected chi connectivity index (χ2v) is 4.35. The van der Waals surface area contributed by atoms with Crippen molar-refractivity contribution in [2.75, 3.05) is 19.8 Å². The van der Waals surface area contributed by atoms with Gasteiger partial charge in [0.05, 0.1) is 19.8 Å². The van der Waals surface area contributed by atoms with E-state index in [0.29, 0.717) is 0 Å². The Labute approximate surface area is 109 Å². The third-order valence-corrected chi connectivity index (χ3v) is 2.91. The minimum Gasteiger partial charge on any atom is -0.394 e. The summed E-state index contributed by atoms with van der Waals surface area (Å²) in [6, 6.07) is 0. The van der Waals surface area contributed by atoms with Crippen molar-refractivity contribution in [3.8, 4) is 0 Å². The largest absolute Gasteiger partial charge is 0.394 e. The summed E-state index contributed by atoms with van der Waals surface area (Å²) in [4.78, 5) is 0. The third-order valence-electron chi connectivity index (χ3n) is 2.91. The van der Waals surface area contributed by atoms with Crippen LogP contribution in [0.2, 0.25) is 0 Å². The van der Waals surface area contributed by atoms with E-state index in [9.17, 15) is 20.4 Å². The van der Waals surface area contributed by atoms with Gasteiger partial charge in [-0.1, -0.05) is 0 Å². The molecule has 1 aliphatic heterocycles. The van der Waals surface area contributed by atoms with Gasteiger partial charge in [0.25, 0.3) is 0 Å². The SMILES string of the molecule is OC[C@H](O)C(O)CO[C@@H]1O[C@H](CO)[C@@H](O)[C@H](O)[C@@H]1O. The number of hydrogen-bond donors (Lipinski definition) is 7. The molecule has 1 fully saturated rings. The molecule has 7 atom stereocenters. The molecule has 0 bridgehead atoms. The molecule has 0 aromatic rings. The minimum absolute atomic E-state index is 0.468. The summed E-state index contributed by atoms with van der Waals surface area (Å²) in [6.45, 7) is -1.73. The molecule has 0 radical (unpaired) electrons. The van der Waals surface area contributed by atoms with Crippen LogP contribution in [0.3, 0.4) is 0 Å². The number of ether oxygens (including phenoxy) is 2. The maximum Gasteiger partial charge on any atom is 0.186 e. The van der Waals surface area contributed by atoms with Crippen LogP contribution >= 0.6 is 0 Å². The number of aliphatic hydroxyl groups excluding tert-OH is 7. The summed E-state index contributed by atoms with van der Waals surface area (Å²) in [5.41, 5.74) is 0.